The number of nitrogens with zero attached hydrogens (tertiary/aromatic N) is 1. The molecule has 0 aliphatic heterocycles. The van der Waals surface area contributed by atoms with Crippen molar-refractivity contribution in [2.45, 2.75) is 58.0 Å². The summed E-state index contributed by atoms with van der Waals surface area (Å²) in [5.74, 6) is 0. The Bertz CT molecular complexity index is 374. The van der Waals surface area contributed by atoms with Crippen molar-refractivity contribution in [3.8, 4) is 0 Å². The average Bonchev–Trinajstić information content (AvgIpc) is 2.80. The van der Waals surface area contributed by atoms with Gasteiger partial charge in [0.15, 0.2) is 0 Å². The van der Waals surface area contributed by atoms with Gasteiger partial charge in [0.25, 0.3) is 0 Å². The zero-order valence-electron chi connectivity index (χ0n) is 12.8. The molecular weight excluding hydrogens is 252 g/mol. The third-order valence-electron chi connectivity index (χ3n) is 3.99. The van der Waals surface area contributed by atoms with Crippen LogP contribution in [0.15, 0.2) is 6.07 Å². The van der Waals surface area contributed by atoms with Gasteiger partial charge in [0.1, 0.15) is 0 Å². The Balaban J connectivity index is 1.88. The number of fused-ring (bicyclic) bond motifs is 1. The maximum Gasteiger partial charge on any atom is 0.0388 e. The third kappa shape index (κ3) is 4.30. The van der Waals surface area contributed by atoms with Crippen LogP contribution in [0, 0.1) is 0 Å². The summed E-state index contributed by atoms with van der Waals surface area (Å²) in [6.07, 6.45) is 6.58. The highest BCUT2D eigenvalue weighted by Crippen LogP contribution is 2.32. The van der Waals surface area contributed by atoms with E-state index in [4.69, 9.17) is 0 Å². The van der Waals surface area contributed by atoms with E-state index in [1.54, 1.807) is 10.4 Å². The smallest absolute Gasteiger partial charge is 0.0388 e. The summed E-state index contributed by atoms with van der Waals surface area (Å²) < 4.78 is 0. The third-order valence-corrected chi connectivity index (χ3v) is 5.41. The molecular formula is C16H28N2S. The molecule has 1 aliphatic rings. The van der Waals surface area contributed by atoms with Gasteiger partial charge in [-0.2, -0.15) is 0 Å². The lowest BCUT2D eigenvalue weighted by atomic mass is 9.99. The Morgan fingerprint density at radius 2 is 2.00 bits per heavy atom. The molecule has 0 fully saturated rings. The van der Waals surface area contributed by atoms with Gasteiger partial charge in [-0.05, 0) is 78.2 Å². The van der Waals surface area contributed by atoms with Gasteiger partial charge in [-0.15, -0.1) is 11.3 Å². The molecule has 0 radical (unpaired) electrons. The van der Waals surface area contributed by atoms with Crippen molar-refractivity contribution < 1.29 is 0 Å². The standard InChI is InChI=1S/C16H28N2S/c1-12(9-10-18(3)4)17-13(2)16-11-14-7-5-6-8-15(14)19-16/h11-13,17H,5-10H2,1-4H3. The van der Waals surface area contributed by atoms with E-state index in [0.29, 0.717) is 12.1 Å². The monoisotopic (exact) mass is 280 g/mol. The van der Waals surface area contributed by atoms with Gasteiger partial charge in [-0.25, -0.2) is 0 Å². The van der Waals surface area contributed by atoms with E-state index < -0.39 is 0 Å². The van der Waals surface area contributed by atoms with E-state index in [9.17, 15) is 0 Å². The first-order valence-electron chi connectivity index (χ1n) is 7.58. The Morgan fingerprint density at radius 1 is 1.26 bits per heavy atom. The number of rotatable bonds is 6. The van der Waals surface area contributed by atoms with E-state index in [-0.39, 0.29) is 0 Å². The summed E-state index contributed by atoms with van der Waals surface area (Å²) in [5.41, 5.74) is 1.63. The molecule has 2 nitrogen and oxygen atoms in total. The second-order valence-corrected chi connectivity index (χ2v) is 7.35. The molecule has 0 bridgehead atoms. The largest absolute Gasteiger partial charge is 0.309 e. The lowest BCUT2D eigenvalue weighted by Crippen LogP contribution is -2.31. The molecule has 0 spiro atoms. The number of nitrogens with one attached hydrogen (secondary N) is 1. The van der Waals surface area contributed by atoms with Gasteiger partial charge in [0.05, 0.1) is 0 Å². The van der Waals surface area contributed by atoms with Crippen molar-refractivity contribution >= 4 is 11.3 Å². The first kappa shape index (κ1) is 15.0. The van der Waals surface area contributed by atoms with Gasteiger partial charge < -0.3 is 10.2 Å². The molecule has 1 heterocycles. The quantitative estimate of drug-likeness (QED) is 0.856. The predicted octanol–water partition coefficient (Wildman–Crippen LogP) is 3.62. The maximum atomic E-state index is 3.74. The first-order chi connectivity index (χ1) is 9.06. The van der Waals surface area contributed by atoms with E-state index in [1.165, 1.54) is 37.0 Å². The Kier molecular flexibility index (Phi) is 5.43. The summed E-state index contributed by atoms with van der Waals surface area (Å²) in [4.78, 5) is 5.44. The molecule has 2 atom stereocenters. The summed E-state index contributed by atoms with van der Waals surface area (Å²) in [6, 6.07) is 3.53. The molecule has 1 aromatic rings. The molecule has 1 aliphatic carbocycles. The molecule has 3 heteroatoms. The minimum absolute atomic E-state index is 0.493. The van der Waals surface area contributed by atoms with Crippen LogP contribution in [0.5, 0.6) is 0 Å². The van der Waals surface area contributed by atoms with Crippen LogP contribution in [0.2, 0.25) is 0 Å². The predicted molar refractivity (Wildman–Crippen MR) is 85.1 cm³/mol. The lowest BCUT2D eigenvalue weighted by Gasteiger charge is -2.20. The van der Waals surface area contributed by atoms with Crippen LogP contribution in [0.3, 0.4) is 0 Å². The minimum atomic E-state index is 0.493. The van der Waals surface area contributed by atoms with Crippen LogP contribution in [-0.2, 0) is 12.8 Å². The maximum absolute atomic E-state index is 3.74. The van der Waals surface area contributed by atoms with Crippen molar-refractivity contribution in [2.24, 2.45) is 0 Å². The highest BCUT2D eigenvalue weighted by Gasteiger charge is 2.17. The topological polar surface area (TPSA) is 15.3 Å². The average molecular weight is 280 g/mol. The van der Waals surface area contributed by atoms with E-state index in [0.717, 1.165) is 6.54 Å². The Hall–Kier alpha value is -0.380. The van der Waals surface area contributed by atoms with Gasteiger partial charge in [0.2, 0.25) is 0 Å². The van der Waals surface area contributed by atoms with Gasteiger partial charge in [0, 0.05) is 21.8 Å². The Morgan fingerprint density at radius 3 is 2.68 bits per heavy atom. The number of hydrogen-bond acceptors (Lipinski definition) is 3. The first-order valence-corrected chi connectivity index (χ1v) is 8.40. The van der Waals surface area contributed by atoms with Crippen LogP contribution < -0.4 is 5.32 Å². The van der Waals surface area contributed by atoms with E-state index in [2.05, 4.69) is 44.2 Å². The fraction of sp³-hybridized carbons (Fsp3) is 0.750. The molecule has 1 aromatic heterocycles. The van der Waals surface area contributed by atoms with Gasteiger partial charge >= 0.3 is 0 Å². The van der Waals surface area contributed by atoms with Crippen molar-refractivity contribution in [2.75, 3.05) is 20.6 Å². The normalized spacial score (nSPS) is 18.4. The number of thiophene rings is 1. The van der Waals surface area contributed by atoms with Crippen molar-refractivity contribution in [3.05, 3.63) is 21.4 Å². The van der Waals surface area contributed by atoms with Gasteiger partial charge in [-0.3, -0.25) is 0 Å². The molecule has 0 saturated heterocycles. The highest BCUT2D eigenvalue weighted by atomic mass is 32.1. The molecule has 0 saturated carbocycles. The molecule has 108 valence electrons. The molecule has 19 heavy (non-hydrogen) atoms. The summed E-state index contributed by atoms with van der Waals surface area (Å²) >= 11 is 2.04. The summed E-state index contributed by atoms with van der Waals surface area (Å²) in [6.45, 7) is 5.76. The van der Waals surface area contributed by atoms with Crippen molar-refractivity contribution in [1.82, 2.24) is 10.2 Å². The zero-order valence-corrected chi connectivity index (χ0v) is 13.6. The van der Waals surface area contributed by atoms with Crippen LogP contribution in [0.25, 0.3) is 0 Å². The Labute approximate surface area is 122 Å². The van der Waals surface area contributed by atoms with E-state index in [1.807, 2.05) is 11.3 Å². The fourth-order valence-corrected chi connectivity index (χ4v) is 4.04. The number of hydrogen-bond donors (Lipinski definition) is 1. The summed E-state index contributed by atoms with van der Waals surface area (Å²) in [5, 5.41) is 3.74. The summed E-state index contributed by atoms with van der Waals surface area (Å²) in [7, 11) is 4.28. The molecule has 0 aromatic carbocycles. The second kappa shape index (κ2) is 6.87. The SMILES string of the molecule is CC(CCN(C)C)NC(C)c1cc2c(s1)CCCC2. The molecule has 2 rings (SSSR count). The molecule has 0 amide bonds. The molecule has 1 N–H and O–H groups in total. The second-order valence-electron chi connectivity index (χ2n) is 6.19. The van der Waals surface area contributed by atoms with Crippen molar-refractivity contribution in [3.63, 3.8) is 0 Å². The van der Waals surface area contributed by atoms with Crippen LogP contribution in [0.1, 0.15) is 54.5 Å². The van der Waals surface area contributed by atoms with Crippen molar-refractivity contribution in [1.29, 1.82) is 0 Å². The van der Waals surface area contributed by atoms with Gasteiger partial charge in [-0.1, -0.05) is 0 Å². The lowest BCUT2D eigenvalue weighted by molar-refractivity contribution is 0.355. The zero-order chi connectivity index (χ0) is 13.8. The van der Waals surface area contributed by atoms with Crippen LogP contribution >= 0.6 is 11.3 Å². The minimum Gasteiger partial charge on any atom is -0.309 e. The van der Waals surface area contributed by atoms with Crippen LogP contribution in [0.4, 0.5) is 0 Å². The highest BCUT2D eigenvalue weighted by molar-refractivity contribution is 7.12. The molecule has 2 unspecified atom stereocenters. The van der Waals surface area contributed by atoms with Crippen LogP contribution in [-0.4, -0.2) is 31.6 Å². The van der Waals surface area contributed by atoms with E-state index >= 15 is 0 Å². The number of aryl methyl sites for hydroxylation is 2. The fourth-order valence-electron chi connectivity index (χ4n) is 2.77.